The van der Waals surface area contributed by atoms with Gasteiger partial charge in [0.05, 0.1) is 34.0 Å². The molecule has 1 amide bonds. The monoisotopic (exact) mass is 586 g/mol. The van der Waals surface area contributed by atoms with E-state index in [1.54, 1.807) is 42.3 Å². The van der Waals surface area contributed by atoms with Gasteiger partial charge in [-0.25, -0.2) is 10.0 Å². The Morgan fingerprint density at radius 2 is 2.10 bits per heavy atom. The van der Waals surface area contributed by atoms with Gasteiger partial charge in [-0.05, 0) is 37.3 Å². The molecule has 4 rings (SSSR count). The number of ether oxygens (including phenoxy) is 1. The van der Waals surface area contributed by atoms with E-state index in [-0.39, 0.29) is 53.6 Å². The molecule has 2 aliphatic rings. The second-order valence-electron chi connectivity index (χ2n) is 8.55. The van der Waals surface area contributed by atoms with Crippen LogP contribution < -0.4 is 10.1 Å². The van der Waals surface area contributed by atoms with E-state index in [0.717, 1.165) is 0 Å². The van der Waals surface area contributed by atoms with Crippen LogP contribution in [0.1, 0.15) is 18.9 Å². The van der Waals surface area contributed by atoms with Crippen molar-refractivity contribution in [2.45, 2.75) is 26.0 Å². The maximum atomic E-state index is 13.6. The van der Waals surface area contributed by atoms with Crippen LogP contribution >= 0.6 is 23.2 Å². The molecule has 1 atom stereocenters. The van der Waals surface area contributed by atoms with Crippen LogP contribution in [0.2, 0.25) is 10.0 Å². The highest BCUT2D eigenvalue weighted by molar-refractivity contribution is 6.42. The molecule has 2 aromatic rings. The second-order valence-corrected chi connectivity index (χ2v) is 9.36. The van der Waals surface area contributed by atoms with Crippen LogP contribution in [0, 0.1) is 11.5 Å². The Kier molecular flexibility index (Phi) is 9.14. The van der Waals surface area contributed by atoms with Crippen LogP contribution in [0.15, 0.2) is 76.4 Å². The van der Waals surface area contributed by atoms with Crippen LogP contribution in [-0.2, 0) is 9.59 Å². The number of amides is 1. The molecule has 1 heterocycles. The number of likely N-dealkylation sites (N-methyl/N-ethyl adjacent to an activating group) is 1. The number of halogens is 4. The first-order valence-electron chi connectivity index (χ1n) is 12.0. The summed E-state index contributed by atoms with van der Waals surface area (Å²) in [6, 6.07) is 9.92. The van der Waals surface area contributed by atoms with Crippen LogP contribution in [0.4, 0.5) is 14.5 Å². The van der Waals surface area contributed by atoms with Crippen molar-refractivity contribution in [3.05, 3.63) is 81.9 Å². The SMILES string of the molecule is CCN(C(=O)C1=CC=CC(=O)C1)C1CN(C(=Nc2cccc(OC(F)F)c2)NC#N)N=C1c1ccc(Cl)c(Cl)c1. The normalized spacial score (nSPS) is 16.9. The van der Waals surface area contributed by atoms with Crippen molar-refractivity contribution < 1.29 is 23.1 Å². The van der Waals surface area contributed by atoms with Gasteiger partial charge in [0.15, 0.2) is 12.0 Å². The van der Waals surface area contributed by atoms with Gasteiger partial charge in [0.1, 0.15) is 5.75 Å². The van der Waals surface area contributed by atoms with Gasteiger partial charge in [-0.15, -0.1) is 0 Å². The molecule has 206 valence electrons. The Bertz CT molecular complexity index is 1480. The number of hydrazone groups is 1. The number of aliphatic imine (C=N–C) groups is 1. The molecule has 1 N–H and O–H groups in total. The van der Waals surface area contributed by atoms with Gasteiger partial charge < -0.3 is 9.64 Å². The smallest absolute Gasteiger partial charge is 0.387 e. The Morgan fingerprint density at radius 1 is 1.30 bits per heavy atom. The molecule has 1 unspecified atom stereocenters. The third kappa shape index (κ3) is 6.65. The lowest BCUT2D eigenvalue weighted by atomic mass is 9.99. The van der Waals surface area contributed by atoms with Crippen molar-refractivity contribution in [2.24, 2.45) is 10.1 Å². The fraction of sp³-hybridized carbons (Fsp3) is 0.222. The lowest BCUT2D eigenvalue weighted by Crippen LogP contribution is -2.48. The highest BCUT2D eigenvalue weighted by Gasteiger charge is 2.37. The number of nitriles is 1. The topological polar surface area (TPSA) is 110 Å². The molecule has 0 saturated carbocycles. The number of allylic oxidation sites excluding steroid dienone is 3. The summed E-state index contributed by atoms with van der Waals surface area (Å²) in [5.41, 5.74) is 1.56. The molecule has 13 heteroatoms. The molecule has 9 nitrogen and oxygen atoms in total. The zero-order valence-electron chi connectivity index (χ0n) is 21.0. The highest BCUT2D eigenvalue weighted by atomic mass is 35.5. The molecular weight excluding hydrogens is 565 g/mol. The molecule has 1 aliphatic carbocycles. The van der Waals surface area contributed by atoms with Crippen molar-refractivity contribution in [3.63, 3.8) is 0 Å². The number of ketones is 1. The fourth-order valence-electron chi connectivity index (χ4n) is 4.24. The minimum atomic E-state index is -3.02. The van der Waals surface area contributed by atoms with Gasteiger partial charge in [-0.3, -0.25) is 14.9 Å². The summed E-state index contributed by atoms with van der Waals surface area (Å²) < 4.78 is 29.8. The lowest BCUT2D eigenvalue weighted by molar-refractivity contribution is -0.129. The summed E-state index contributed by atoms with van der Waals surface area (Å²) in [7, 11) is 0. The minimum absolute atomic E-state index is 0.0183. The highest BCUT2D eigenvalue weighted by Crippen LogP contribution is 2.28. The van der Waals surface area contributed by atoms with Gasteiger partial charge in [0.25, 0.3) is 5.91 Å². The summed E-state index contributed by atoms with van der Waals surface area (Å²) in [6.45, 7) is -0.868. The molecule has 0 fully saturated rings. The Hall–Kier alpha value is -4.27. The van der Waals surface area contributed by atoms with Crippen LogP contribution in [0.25, 0.3) is 0 Å². The zero-order valence-corrected chi connectivity index (χ0v) is 22.5. The van der Waals surface area contributed by atoms with Gasteiger partial charge in [0, 0.05) is 30.2 Å². The lowest BCUT2D eigenvalue weighted by Gasteiger charge is -2.30. The molecular formula is C27H22Cl2F2N6O3. The van der Waals surface area contributed by atoms with E-state index in [9.17, 15) is 23.6 Å². The Labute approximate surface area is 238 Å². The van der Waals surface area contributed by atoms with E-state index < -0.39 is 12.7 Å². The summed E-state index contributed by atoms with van der Waals surface area (Å²) in [5.74, 6) is -0.656. The van der Waals surface area contributed by atoms with Gasteiger partial charge >= 0.3 is 6.61 Å². The number of guanidine groups is 1. The van der Waals surface area contributed by atoms with E-state index in [1.165, 1.54) is 41.4 Å². The number of carbonyl (C=O) groups excluding carboxylic acids is 2. The third-order valence-corrected chi connectivity index (χ3v) is 6.73. The molecule has 0 aromatic heterocycles. The standard InChI is InChI=1S/C27H22Cl2F2N6O3/c1-2-36(25(39)17-5-3-7-19(38)11-17)23-14-37(35-24(23)16-9-10-21(28)22(29)12-16)27(33-15-32)34-18-6-4-8-20(13-18)40-26(30)31/h3-10,12-13,23,26H,2,11,14H2,1H3,(H,33,34). The van der Waals surface area contributed by atoms with Gasteiger partial charge in [0.2, 0.25) is 5.96 Å². The number of benzene rings is 2. The zero-order chi connectivity index (χ0) is 28.8. The Balaban J connectivity index is 1.75. The van der Waals surface area contributed by atoms with Crippen molar-refractivity contribution in [3.8, 4) is 11.9 Å². The largest absolute Gasteiger partial charge is 0.435 e. The average molecular weight is 587 g/mol. The van der Waals surface area contributed by atoms with E-state index in [1.807, 2.05) is 0 Å². The minimum Gasteiger partial charge on any atom is -0.435 e. The number of nitrogens with one attached hydrogen (secondary N) is 1. The predicted octanol–water partition coefficient (Wildman–Crippen LogP) is 5.05. The first-order valence-corrected chi connectivity index (χ1v) is 12.8. The molecule has 0 radical (unpaired) electrons. The summed E-state index contributed by atoms with van der Waals surface area (Å²) >= 11 is 12.4. The first kappa shape index (κ1) is 28.7. The number of carbonyl (C=O) groups is 2. The van der Waals surface area contributed by atoms with Crippen molar-refractivity contribution in [1.29, 1.82) is 5.26 Å². The third-order valence-electron chi connectivity index (χ3n) is 5.99. The molecule has 0 bridgehead atoms. The fourth-order valence-corrected chi connectivity index (χ4v) is 4.54. The van der Waals surface area contributed by atoms with Crippen molar-refractivity contribution in [1.82, 2.24) is 15.2 Å². The van der Waals surface area contributed by atoms with E-state index >= 15 is 0 Å². The molecule has 1 aliphatic heterocycles. The maximum Gasteiger partial charge on any atom is 0.387 e. The summed E-state index contributed by atoms with van der Waals surface area (Å²) in [4.78, 5) is 31.5. The number of nitrogens with zero attached hydrogens (tertiary/aromatic N) is 5. The molecule has 0 saturated heterocycles. The van der Waals surface area contributed by atoms with E-state index in [4.69, 9.17) is 23.2 Å². The van der Waals surface area contributed by atoms with Crippen molar-refractivity contribution >= 4 is 52.3 Å². The van der Waals surface area contributed by atoms with Gasteiger partial charge in [-0.1, -0.05) is 47.5 Å². The van der Waals surface area contributed by atoms with Crippen LogP contribution in [-0.4, -0.2) is 59.0 Å². The maximum absolute atomic E-state index is 13.6. The summed E-state index contributed by atoms with van der Waals surface area (Å²) in [6.07, 6.45) is 6.33. The number of hydrogen-bond donors (Lipinski definition) is 1. The quantitative estimate of drug-likeness (QED) is 0.210. The first-order chi connectivity index (χ1) is 19.2. The predicted molar refractivity (Wildman–Crippen MR) is 147 cm³/mol. The summed E-state index contributed by atoms with van der Waals surface area (Å²) in [5, 5.41) is 18.6. The van der Waals surface area contributed by atoms with E-state index in [0.29, 0.717) is 21.9 Å². The van der Waals surface area contributed by atoms with E-state index in [2.05, 4.69) is 20.1 Å². The van der Waals surface area contributed by atoms with Crippen molar-refractivity contribution in [2.75, 3.05) is 13.1 Å². The second kappa shape index (κ2) is 12.7. The van der Waals surface area contributed by atoms with Crippen LogP contribution in [0.5, 0.6) is 5.75 Å². The molecule has 40 heavy (non-hydrogen) atoms. The average Bonchev–Trinajstić information content (AvgIpc) is 3.35. The number of rotatable bonds is 7. The number of alkyl halides is 2. The van der Waals surface area contributed by atoms with Crippen LogP contribution in [0.3, 0.4) is 0 Å². The number of hydrogen-bond acceptors (Lipinski definition) is 6. The molecule has 0 spiro atoms. The molecule has 2 aromatic carbocycles. The Morgan fingerprint density at radius 3 is 2.77 bits per heavy atom. The van der Waals surface area contributed by atoms with Gasteiger partial charge in [-0.2, -0.15) is 19.1 Å².